The van der Waals surface area contributed by atoms with Crippen LogP contribution in [0.4, 0.5) is 0 Å². The van der Waals surface area contributed by atoms with E-state index in [1.165, 1.54) is 5.56 Å². The molecule has 1 heteroatoms. The fourth-order valence-corrected chi connectivity index (χ4v) is 1.31. The number of ketones is 1. The summed E-state index contributed by atoms with van der Waals surface area (Å²) in [6.07, 6.45) is 1.85. The van der Waals surface area contributed by atoms with Crippen LogP contribution in [0.5, 0.6) is 0 Å². The topological polar surface area (TPSA) is 17.1 Å². The first-order chi connectivity index (χ1) is 6.15. The Morgan fingerprint density at radius 1 is 1.23 bits per heavy atom. The molecule has 13 heavy (non-hydrogen) atoms. The number of allylic oxidation sites excluding steroid dienone is 2. The molecule has 1 rings (SSSR count). The van der Waals surface area contributed by atoms with Gasteiger partial charge in [0.1, 0.15) is 0 Å². The molecule has 0 saturated heterocycles. The van der Waals surface area contributed by atoms with Crippen molar-refractivity contribution in [3.63, 3.8) is 0 Å². The standard InChI is InChI=1S/C12H14O/c1-4-12(10(3)13)11-7-5-9(2)6-8-11/h4-8H,1-3H3/b12-4+. The molecule has 0 aliphatic carbocycles. The average molecular weight is 174 g/mol. The van der Waals surface area contributed by atoms with Gasteiger partial charge in [0.15, 0.2) is 5.78 Å². The molecule has 0 N–H and O–H groups in total. The van der Waals surface area contributed by atoms with E-state index in [1.807, 2.05) is 44.2 Å². The fourth-order valence-electron chi connectivity index (χ4n) is 1.31. The maximum atomic E-state index is 11.2. The van der Waals surface area contributed by atoms with Gasteiger partial charge in [-0.3, -0.25) is 4.79 Å². The van der Waals surface area contributed by atoms with Crippen molar-refractivity contribution in [1.29, 1.82) is 0 Å². The molecule has 1 aromatic carbocycles. The minimum absolute atomic E-state index is 0.117. The van der Waals surface area contributed by atoms with Crippen molar-refractivity contribution in [1.82, 2.24) is 0 Å². The summed E-state index contributed by atoms with van der Waals surface area (Å²) in [5.41, 5.74) is 3.00. The van der Waals surface area contributed by atoms with Crippen molar-refractivity contribution in [2.24, 2.45) is 0 Å². The van der Waals surface area contributed by atoms with Crippen LogP contribution in [0.15, 0.2) is 30.3 Å². The molecule has 0 amide bonds. The highest BCUT2D eigenvalue weighted by Crippen LogP contribution is 2.15. The number of carbonyl (C=O) groups excluding carboxylic acids is 1. The normalized spacial score (nSPS) is 11.5. The molecule has 0 fully saturated rings. The summed E-state index contributed by atoms with van der Waals surface area (Å²) in [5.74, 6) is 0.117. The highest BCUT2D eigenvalue weighted by atomic mass is 16.1. The molecule has 0 aliphatic rings. The van der Waals surface area contributed by atoms with Crippen LogP contribution < -0.4 is 0 Å². The number of Topliss-reactive ketones (excluding diaryl/α,β-unsaturated/α-hetero) is 1. The van der Waals surface area contributed by atoms with E-state index in [4.69, 9.17) is 0 Å². The van der Waals surface area contributed by atoms with E-state index in [9.17, 15) is 4.79 Å². The van der Waals surface area contributed by atoms with Gasteiger partial charge in [-0.2, -0.15) is 0 Å². The summed E-state index contributed by atoms with van der Waals surface area (Å²) in [7, 11) is 0. The molecule has 0 heterocycles. The van der Waals surface area contributed by atoms with Crippen molar-refractivity contribution in [3.8, 4) is 0 Å². The monoisotopic (exact) mass is 174 g/mol. The lowest BCUT2D eigenvalue weighted by atomic mass is 10.0. The number of benzene rings is 1. The zero-order chi connectivity index (χ0) is 9.84. The first-order valence-corrected chi connectivity index (χ1v) is 4.39. The quantitative estimate of drug-likeness (QED) is 0.630. The highest BCUT2D eigenvalue weighted by molar-refractivity contribution is 6.19. The minimum atomic E-state index is 0.117. The number of aryl methyl sites for hydroxylation is 1. The van der Waals surface area contributed by atoms with Crippen molar-refractivity contribution >= 4 is 11.4 Å². The Hall–Kier alpha value is -1.37. The van der Waals surface area contributed by atoms with E-state index in [2.05, 4.69) is 0 Å². The van der Waals surface area contributed by atoms with E-state index in [1.54, 1.807) is 6.92 Å². The van der Waals surface area contributed by atoms with E-state index in [0.29, 0.717) is 0 Å². The second-order valence-electron chi connectivity index (χ2n) is 3.12. The first kappa shape index (κ1) is 9.72. The predicted octanol–water partition coefficient (Wildman–Crippen LogP) is 2.99. The molecule has 0 saturated carbocycles. The van der Waals surface area contributed by atoms with Crippen molar-refractivity contribution in [2.75, 3.05) is 0 Å². The lowest BCUT2D eigenvalue weighted by Gasteiger charge is -2.02. The maximum absolute atomic E-state index is 11.2. The van der Waals surface area contributed by atoms with Gasteiger partial charge in [0, 0.05) is 5.57 Å². The Morgan fingerprint density at radius 2 is 1.77 bits per heavy atom. The molecule has 0 radical (unpaired) electrons. The van der Waals surface area contributed by atoms with Gasteiger partial charge < -0.3 is 0 Å². The smallest absolute Gasteiger partial charge is 0.160 e. The van der Waals surface area contributed by atoms with Crippen molar-refractivity contribution in [3.05, 3.63) is 41.5 Å². The summed E-state index contributed by atoms with van der Waals surface area (Å²) >= 11 is 0. The Kier molecular flexibility index (Phi) is 3.02. The third-order valence-electron chi connectivity index (χ3n) is 2.03. The Labute approximate surface area is 79.1 Å². The zero-order valence-electron chi connectivity index (χ0n) is 8.29. The molecule has 1 aromatic rings. The highest BCUT2D eigenvalue weighted by Gasteiger charge is 2.04. The van der Waals surface area contributed by atoms with Gasteiger partial charge >= 0.3 is 0 Å². The van der Waals surface area contributed by atoms with Gasteiger partial charge in [-0.25, -0.2) is 0 Å². The zero-order valence-corrected chi connectivity index (χ0v) is 8.29. The maximum Gasteiger partial charge on any atom is 0.160 e. The van der Waals surface area contributed by atoms with Crippen LogP contribution >= 0.6 is 0 Å². The molecule has 0 bridgehead atoms. The molecule has 0 aliphatic heterocycles. The van der Waals surface area contributed by atoms with E-state index >= 15 is 0 Å². The molecule has 68 valence electrons. The summed E-state index contributed by atoms with van der Waals surface area (Å²) in [6.45, 7) is 5.51. The summed E-state index contributed by atoms with van der Waals surface area (Å²) in [4.78, 5) is 11.2. The third-order valence-corrected chi connectivity index (χ3v) is 2.03. The summed E-state index contributed by atoms with van der Waals surface area (Å²) < 4.78 is 0. The lowest BCUT2D eigenvalue weighted by Crippen LogP contribution is -1.95. The van der Waals surface area contributed by atoms with Crippen LogP contribution in [-0.4, -0.2) is 5.78 Å². The SMILES string of the molecule is C/C=C(\C(C)=O)c1ccc(C)cc1. The minimum Gasteiger partial charge on any atom is -0.295 e. The second kappa shape index (κ2) is 4.04. The van der Waals surface area contributed by atoms with Crippen molar-refractivity contribution in [2.45, 2.75) is 20.8 Å². The largest absolute Gasteiger partial charge is 0.295 e. The number of carbonyl (C=O) groups is 1. The second-order valence-corrected chi connectivity index (χ2v) is 3.12. The van der Waals surface area contributed by atoms with Crippen LogP contribution in [0.2, 0.25) is 0 Å². The predicted molar refractivity (Wildman–Crippen MR) is 55.5 cm³/mol. The molecule has 0 unspecified atom stereocenters. The van der Waals surface area contributed by atoms with Crippen LogP contribution in [0.1, 0.15) is 25.0 Å². The van der Waals surface area contributed by atoms with E-state index < -0.39 is 0 Å². The van der Waals surface area contributed by atoms with Gasteiger partial charge in [-0.05, 0) is 26.3 Å². The van der Waals surface area contributed by atoms with Gasteiger partial charge in [0.25, 0.3) is 0 Å². The van der Waals surface area contributed by atoms with Gasteiger partial charge in [0.2, 0.25) is 0 Å². The van der Waals surface area contributed by atoms with Crippen molar-refractivity contribution < 1.29 is 4.79 Å². The van der Waals surface area contributed by atoms with E-state index in [-0.39, 0.29) is 5.78 Å². The fraction of sp³-hybridized carbons (Fsp3) is 0.250. The average Bonchev–Trinajstić information content (AvgIpc) is 2.09. The molecular weight excluding hydrogens is 160 g/mol. The summed E-state index contributed by atoms with van der Waals surface area (Å²) in [5, 5.41) is 0. The van der Waals surface area contributed by atoms with Gasteiger partial charge in [-0.15, -0.1) is 0 Å². The molecule has 1 nitrogen and oxygen atoms in total. The van der Waals surface area contributed by atoms with Crippen LogP contribution in [0.25, 0.3) is 5.57 Å². The summed E-state index contributed by atoms with van der Waals surface area (Å²) in [6, 6.07) is 7.99. The van der Waals surface area contributed by atoms with Crippen LogP contribution in [0, 0.1) is 6.92 Å². The van der Waals surface area contributed by atoms with E-state index in [0.717, 1.165) is 11.1 Å². The van der Waals surface area contributed by atoms with Gasteiger partial charge in [-0.1, -0.05) is 35.9 Å². The number of rotatable bonds is 2. The Bertz CT molecular complexity index is 331. The molecule has 0 aromatic heterocycles. The molecule has 0 atom stereocenters. The third kappa shape index (κ3) is 2.28. The number of hydrogen-bond donors (Lipinski definition) is 0. The Morgan fingerprint density at radius 3 is 2.15 bits per heavy atom. The first-order valence-electron chi connectivity index (χ1n) is 4.39. The number of hydrogen-bond acceptors (Lipinski definition) is 1. The molecular formula is C12H14O. The Balaban J connectivity index is 3.07. The molecule has 0 spiro atoms. The lowest BCUT2D eigenvalue weighted by molar-refractivity contribution is -0.111. The van der Waals surface area contributed by atoms with Crippen LogP contribution in [-0.2, 0) is 4.79 Å². The van der Waals surface area contributed by atoms with Crippen LogP contribution in [0.3, 0.4) is 0 Å². The van der Waals surface area contributed by atoms with Gasteiger partial charge in [0.05, 0.1) is 0 Å².